The number of ether oxygens (including phenoxy) is 1. The summed E-state index contributed by atoms with van der Waals surface area (Å²) in [6.07, 6.45) is 1.16. The number of aryl methyl sites for hydroxylation is 1. The number of carbonyl (C=O) groups is 1. The number of oxazole rings is 1. The first-order valence-corrected chi connectivity index (χ1v) is 8.59. The van der Waals surface area contributed by atoms with Crippen molar-refractivity contribution in [1.82, 2.24) is 9.47 Å². The van der Waals surface area contributed by atoms with E-state index in [1.165, 1.54) is 9.47 Å². The molecule has 0 bridgehead atoms. The molecule has 7 nitrogen and oxygen atoms in total. The molecular weight excluding hydrogens is 348 g/mol. The number of likely N-dealkylation sites (N-methyl/N-ethyl adjacent to an activating group) is 1. The lowest BCUT2D eigenvalue weighted by atomic mass is 9.94. The molecule has 1 saturated heterocycles. The number of rotatable bonds is 5. The second kappa shape index (κ2) is 7.19. The van der Waals surface area contributed by atoms with Gasteiger partial charge in [-0.15, -0.1) is 0 Å². The molecule has 1 aromatic heterocycles. The Morgan fingerprint density at radius 3 is 2.84 bits per heavy atom. The maximum Gasteiger partial charge on any atom is 0.419 e. The van der Waals surface area contributed by atoms with Crippen LogP contribution in [0.2, 0.25) is 5.02 Å². The van der Waals surface area contributed by atoms with E-state index in [0.717, 1.165) is 0 Å². The first-order chi connectivity index (χ1) is 11.9. The molecule has 0 unspecified atom stereocenters. The van der Waals surface area contributed by atoms with Crippen LogP contribution < -0.4 is 5.76 Å². The third-order valence-electron chi connectivity index (χ3n) is 4.56. The van der Waals surface area contributed by atoms with Gasteiger partial charge in [-0.3, -0.25) is 9.36 Å². The minimum atomic E-state index is -0.904. The van der Waals surface area contributed by atoms with E-state index in [-0.39, 0.29) is 25.4 Å². The molecule has 0 atom stereocenters. The normalized spacial score (nSPS) is 16.9. The Balaban J connectivity index is 1.64. The van der Waals surface area contributed by atoms with Gasteiger partial charge in [0.25, 0.3) is 0 Å². The number of amides is 1. The quantitative estimate of drug-likeness (QED) is 0.867. The largest absolute Gasteiger partial charge is 0.419 e. The molecule has 25 heavy (non-hydrogen) atoms. The summed E-state index contributed by atoms with van der Waals surface area (Å²) in [4.78, 5) is 25.9. The monoisotopic (exact) mass is 368 g/mol. The summed E-state index contributed by atoms with van der Waals surface area (Å²) in [6.45, 7) is 1.46. The Kier molecular flexibility index (Phi) is 5.17. The van der Waals surface area contributed by atoms with Crippen molar-refractivity contribution in [3.8, 4) is 0 Å². The average Bonchev–Trinajstić information content (AvgIpc) is 2.87. The number of aromatic nitrogens is 1. The van der Waals surface area contributed by atoms with Gasteiger partial charge >= 0.3 is 5.76 Å². The van der Waals surface area contributed by atoms with Gasteiger partial charge in [0.2, 0.25) is 5.91 Å². The smallest absolute Gasteiger partial charge is 0.408 e. The first-order valence-electron chi connectivity index (χ1n) is 8.21. The third-order valence-corrected chi connectivity index (χ3v) is 4.80. The fraction of sp³-hybridized carbons (Fsp3) is 0.529. The topological polar surface area (TPSA) is 84.9 Å². The highest BCUT2D eigenvalue weighted by Crippen LogP contribution is 2.22. The average molecular weight is 369 g/mol. The van der Waals surface area contributed by atoms with Crippen molar-refractivity contribution < 1.29 is 19.1 Å². The van der Waals surface area contributed by atoms with Crippen molar-refractivity contribution in [2.45, 2.75) is 31.4 Å². The Bertz CT molecular complexity index is 822. The SMILES string of the molecule is CN(CC1(O)CCOCC1)C(=O)CCn1c(=O)oc2cc(Cl)ccc21. The van der Waals surface area contributed by atoms with E-state index in [9.17, 15) is 14.7 Å². The highest BCUT2D eigenvalue weighted by Gasteiger charge is 2.32. The highest BCUT2D eigenvalue weighted by molar-refractivity contribution is 6.31. The Labute approximate surface area is 149 Å². The molecule has 0 saturated carbocycles. The van der Waals surface area contributed by atoms with Crippen molar-refractivity contribution in [1.29, 1.82) is 0 Å². The number of hydrogen-bond donors (Lipinski definition) is 1. The molecule has 1 aromatic carbocycles. The first kappa shape index (κ1) is 18.0. The van der Waals surface area contributed by atoms with Crippen LogP contribution in [0.25, 0.3) is 11.1 Å². The van der Waals surface area contributed by atoms with Crippen LogP contribution in [0.1, 0.15) is 19.3 Å². The van der Waals surface area contributed by atoms with Gasteiger partial charge in [0, 0.05) is 63.7 Å². The van der Waals surface area contributed by atoms with Gasteiger partial charge in [-0.25, -0.2) is 4.79 Å². The van der Waals surface area contributed by atoms with Crippen molar-refractivity contribution in [2.75, 3.05) is 26.8 Å². The molecule has 1 aliphatic rings. The van der Waals surface area contributed by atoms with Crippen LogP contribution in [0, 0.1) is 0 Å². The van der Waals surface area contributed by atoms with Crippen LogP contribution >= 0.6 is 11.6 Å². The summed E-state index contributed by atoms with van der Waals surface area (Å²) in [7, 11) is 1.66. The van der Waals surface area contributed by atoms with Crippen LogP contribution in [0.4, 0.5) is 0 Å². The molecule has 1 aliphatic heterocycles. The third kappa shape index (κ3) is 4.05. The van der Waals surface area contributed by atoms with Crippen LogP contribution in [-0.2, 0) is 16.1 Å². The summed E-state index contributed by atoms with van der Waals surface area (Å²) in [5.41, 5.74) is 0.0983. The number of fused-ring (bicyclic) bond motifs is 1. The van der Waals surface area contributed by atoms with Gasteiger partial charge in [0.15, 0.2) is 5.58 Å². The molecule has 8 heteroatoms. The number of benzene rings is 1. The van der Waals surface area contributed by atoms with E-state index in [4.69, 9.17) is 20.8 Å². The fourth-order valence-corrected chi connectivity index (χ4v) is 3.25. The van der Waals surface area contributed by atoms with Crippen LogP contribution in [0.3, 0.4) is 0 Å². The molecule has 0 radical (unpaired) electrons. The Hall–Kier alpha value is -1.83. The van der Waals surface area contributed by atoms with Crippen LogP contribution in [0.5, 0.6) is 0 Å². The summed E-state index contributed by atoms with van der Waals surface area (Å²) in [6, 6.07) is 4.94. The molecule has 3 rings (SSSR count). The number of halogens is 1. The molecule has 1 amide bonds. The van der Waals surface area contributed by atoms with Crippen molar-refractivity contribution in [3.63, 3.8) is 0 Å². The second-order valence-corrected chi connectivity index (χ2v) is 6.90. The lowest BCUT2D eigenvalue weighted by molar-refractivity contribution is -0.137. The Morgan fingerprint density at radius 2 is 2.12 bits per heavy atom. The number of aliphatic hydroxyl groups is 1. The van der Waals surface area contributed by atoms with Gasteiger partial charge in [-0.2, -0.15) is 0 Å². The van der Waals surface area contributed by atoms with E-state index >= 15 is 0 Å². The summed E-state index contributed by atoms with van der Waals surface area (Å²) < 4.78 is 11.8. The maximum atomic E-state index is 12.4. The summed E-state index contributed by atoms with van der Waals surface area (Å²) >= 11 is 5.89. The molecule has 1 N–H and O–H groups in total. The van der Waals surface area contributed by atoms with Gasteiger partial charge in [0.05, 0.1) is 11.1 Å². The number of carbonyl (C=O) groups excluding carboxylic acids is 1. The lowest BCUT2D eigenvalue weighted by Gasteiger charge is -2.35. The standard InChI is InChI=1S/C17H21ClN2O5/c1-19(11-17(23)5-8-24-9-6-17)15(21)4-7-20-13-3-2-12(18)10-14(13)25-16(20)22/h2-3,10,23H,4-9,11H2,1H3. The van der Waals surface area contributed by atoms with Crippen LogP contribution in [0.15, 0.2) is 27.4 Å². The molecule has 0 aliphatic carbocycles. The summed E-state index contributed by atoms with van der Waals surface area (Å²) in [5.74, 6) is -0.661. The van der Waals surface area contributed by atoms with Gasteiger partial charge in [-0.1, -0.05) is 11.6 Å². The Morgan fingerprint density at radius 1 is 1.40 bits per heavy atom. The fourth-order valence-electron chi connectivity index (χ4n) is 3.09. The predicted molar refractivity (Wildman–Crippen MR) is 92.7 cm³/mol. The summed E-state index contributed by atoms with van der Waals surface area (Å²) in [5, 5.41) is 11.0. The lowest BCUT2D eigenvalue weighted by Crippen LogP contribution is -2.47. The number of nitrogens with zero attached hydrogens (tertiary/aromatic N) is 2. The van der Waals surface area contributed by atoms with Crippen molar-refractivity contribution in [3.05, 3.63) is 33.8 Å². The molecular formula is C17H21ClN2O5. The van der Waals surface area contributed by atoms with Gasteiger partial charge in [-0.05, 0) is 12.1 Å². The van der Waals surface area contributed by atoms with E-state index in [2.05, 4.69) is 0 Å². The number of hydrogen-bond acceptors (Lipinski definition) is 5. The molecule has 2 heterocycles. The molecule has 136 valence electrons. The van der Waals surface area contributed by atoms with Gasteiger partial charge < -0.3 is 19.2 Å². The van der Waals surface area contributed by atoms with Gasteiger partial charge in [0.1, 0.15) is 0 Å². The maximum absolute atomic E-state index is 12.4. The zero-order valence-electron chi connectivity index (χ0n) is 14.0. The zero-order valence-corrected chi connectivity index (χ0v) is 14.8. The molecule has 2 aromatic rings. The molecule has 1 fully saturated rings. The van der Waals surface area contributed by atoms with E-state index in [0.29, 0.717) is 42.2 Å². The highest BCUT2D eigenvalue weighted by atomic mass is 35.5. The van der Waals surface area contributed by atoms with E-state index in [1.807, 2.05) is 0 Å². The van der Waals surface area contributed by atoms with E-state index in [1.54, 1.807) is 25.2 Å². The van der Waals surface area contributed by atoms with E-state index < -0.39 is 11.4 Å². The minimum absolute atomic E-state index is 0.139. The predicted octanol–water partition coefficient (Wildman–Crippen LogP) is 1.64. The second-order valence-electron chi connectivity index (χ2n) is 6.47. The van der Waals surface area contributed by atoms with Crippen molar-refractivity contribution in [2.24, 2.45) is 0 Å². The van der Waals surface area contributed by atoms with Crippen LogP contribution in [-0.4, -0.2) is 52.9 Å². The van der Waals surface area contributed by atoms with Crippen molar-refractivity contribution >= 4 is 28.6 Å². The minimum Gasteiger partial charge on any atom is -0.408 e. The zero-order chi connectivity index (χ0) is 18.0. The molecule has 0 spiro atoms.